The number of hydrogen-bond acceptors (Lipinski definition) is 4. The quantitative estimate of drug-likeness (QED) is 0.846. The van der Waals surface area contributed by atoms with Crippen LogP contribution in [0.4, 0.5) is 0 Å². The van der Waals surface area contributed by atoms with Gasteiger partial charge in [-0.3, -0.25) is 9.00 Å². The van der Waals surface area contributed by atoms with Gasteiger partial charge in [0.05, 0.1) is 10.8 Å². The number of rotatable bonds is 2. The molecule has 22 heavy (non-hydrogen) atoms. The number of carbonyl (C=O) groups excluding carboxylic acids is 1. The van der Waals surface area contributed by atoms with E-state index in [-0.39, 0.29) is 11.7 Å². The Morgan fingerprint density at radius 2 is 1.95 bits per heavy atom. The van der Waals surface area contributed by atoms with Crippen LogP contribution in [0.2, 0.25) is 0 Å². The fourth-order valence-corrected chi connectivity index (χ4v) is 5.05. The summed E-state index contributed by atoms with van der Waals surface area (Å²) in [6, 6.07) is 10.4. The predicted octanol–water partition coefficient (Wildman–Crippen LogP) is 3.58. The van der Waals surface area contributed by atoms with Crippen LogP contribution in [0.25, 0.3) is 0 Å². The minimum atomic E-state index is -1.23. The molecule has 112 valence electrons. The van der Waals surface area contributed by atoms with Crippen molar-refractivity contribution in [2.45, 2.75) is 29.9 Å². The molecule has 0 amide bonds. The average molecular weight is 329 g/mol. The van der Waals surface area contributed by atoms with Crippen molar-refractivity contribution in [3.63, 3.8) is 0 Å². The summed E-state index contributed by atoms with van der Waals surface area (Å²) in [7, 11) is -1.23. The maximum absolute atomic E-state index is 12.6. The first-order chi connectivity index (χ1) is 10.5. The molecule has 1 heterocycles. The van der Waals surface area contributed by atoms with Gasteiger partial charge >= 0.3 is 0 Å². The Morgan fingerprint density at radius 3 is 2.55 bits per heavy atom. The molecule has 5 heteroatoms. The third kappa shape index (κ3) is 2.53. The number of nitrogens with zero attached hydrogens (tertiary/aromatic N) is 1. The molecule has 2 atom stereocenters. The Balaban J connectivity index is 2.06. The number of ketones is 1. The van der Waals surface area contributed by atoms with Crippen molar-refractivity contribution < 1.29 is 9.00 Å². The average Bonchev–Trinajstić information content (AvgIpc) is 2.87. The summed E-state index contributed by atoms with van der Waals surface area (Å²) in [5, 5.41) is 9.32. The van der Waals surface area contributed by atoms with E-state index < -0.39 is 10.8 Å². The van der Waals surface area contributed by atoms with Crippen molar-refractivity contribution in [1.29, 1.82) is 5.26 Å². The van der Waals surface area contributed by atoms with E-state index in [1.165, 1.54) is 16.9 Å². The summed E-state index contributed by atoms with van der Waals surface area (Å²) in [6.07, 6.45) is 2.65. The minimum absolute atomic E-state index is 0.00905. The molecular weight excluding hydrogens is 314 g/mol. The predicted molar refractivity (Wildman–Crippen MR) is 87.9 cm³/mol. The fourth-order valence-electron chi connectivity index (χ4n) is 2.93. The van der Waals surface area contributed by atoms with Gasteiger partial charge in [-0.05, 0) is 30.4 Å². The van der Waals surface area contributed by atoms with Crippen molar-refractivity contribution >= 4 is 27.9 Å². The maximum atomic E-state index is 12.6. The molecule has 0 fully saturated rings. The Bertz CT molecular complexity index is 812. The number of benzene rings is 1. The van der Waals surface area contributed by atoms with E-state index in [2.05, 4.69) is 18.2 Å². The van der Waals surface area contributed by atoms with Gasteiger partial charge in [-0.2, -0.15) is 5.26 Å². The van der Waals surface area contributed by atoms with E-state index >= 15 is 0 Å². The SMILES string of the molecule is Cc1ccc([C@H]2CC(=O)c3c([S@](C)=O)sc(C#N)c3C2)cc1. The number of carbonyl (C=O) groups is 1. The molecule has 0 bridgehead atoms. The van der Waals surface area contributed by atoms with E-state index in [1.54, 1.807) is 6.26 Å². The normalized spacial score (nSPS) is 18.6. The number of aryl methyl sites for hydroxylation is 1. The van der Waals surface area contributed by atoms with Crippen LogP contribution in [0.1, 0.15) is 44.3 Å². The highest BCUT2D eigenvalue weighted by atomic mass is 32.2. The molecule has 0 radical (unpaired) electrons. The highest BCUT2D eigenvalue weighted by Gasteiger charge is 2.33. The summed E-state index contributed by atoms with van der Waals surface area (Å²) < 4.78 is 12.4. The first kappa shape index (κ1) is 15.1. The minimum Gasteiger partial charge on any atom is -0.294 e. The van der Waals surface area contributed by atoms with Crippen LogP contribution < -0.4 is 0 Å². The van der Waals surface area contributed by atoms with E-state index in [0.717, 1.165) is 11.1 Å². The van der Waals surface area contributed by atoms with Crippen LogP contribution in [-0.2, 0) is 17.2 Å². The molecule has 1 aromatic heterocycles. The Morgan fingerprint density at radius 1 is 1.27 bits per heavy atom. The number of nitriles is 1. The van der Waals surface area contributed by atoms with Gasteiger partial charge in [0, 0.05) is 18.2 Å². The molecule has 1 aromatic carbocycles. The lowest BCUT2D eigenvalue weighted by molar-refractivity contribution is 0.0962. The second-order valence-corrected chi connectivity index (χ2v) is 8.17. The maximum Gasteiger partial charge on any atom is 0.165 e. The Kier molecular flexibility index (Phi) is 3.98. The van der Waals surface area contributed by atoms with Crippen LogP contribution in [0, 0.1) is 18.3 Å². The van der Waals surface area contributed by atoms with Gasteiger partial charge in [0.1, 0.15) is 15.2 Å². The monoisotopic (exact) mass is 329 g/mol. The molecule has 0 unspecified atom stereocenters. The standard InChI is InChI=1S/C17H15NO2S2/c1-10-3-5-11(6-4-10)12-7-13-15(9-18)21-17(22(2)20)16(13)14(19)8-12/h3-6,12H,7-8H2,1-2H3/t12-,22+/m1/s1. The van der Waals surface area contributed by atoms with Gasteiger partial charge in [-0.25, -0.2) is 0 Å². The van der Waals surface area contributed by atoms with Crippen molar-refractivity contribution in [3.05, 3.63) is 51.4 Å². The van der Waals surface area contributed by atoms with Crippen molar-refractivity contribution in [1.82, 2.24) is 0 Å². The van der Waals surface area contributed by atoms with Gasteiger partial charge in [0.2, 0.25) is 0 Å². The number of hydrogen-bond donors (Lipinski definition) is 0. The van der Waals surface area contributed by atoms with Crippen LogP contribution >= 0.6 is 11.3 Å². The molecule has 1 aliphatic carbocycles. The lowest BCUT2D eigenvalue weighted by atomic mass is 9.80. The van der Waals surface area contributed by atoms with Crippen molar-refractivity contribution in [3.8, 4) is 6.07 Å². The first-order valence-corrected chi connectivity index (χ1v) is 9.37. The van der Waals surface area contributed by atoms with Crippen LogP contribution in [-0.4, -0.2) is 16.2 Å². The summed E-state index contributed by atoms with van der Waals surface area (Å²) in [5.41, 5.74) is 3.65. The van der Waals surface area contributed by atoms with Crippen LogP contribution in [0.5, 0.6) is 0 Å². The molecule has 0 aliphatic heterocycles. The number of fused-ring (bicyclic) bond motifs is 1. The molecule has 2 aromatic rings. The molecule has 3 rings (SSSR count). The Hall–Kier alpha value is -1.77. The Labute approximate surface area is 136 Å². The van der Waals surface area contributed by atoms with Crippen molar-refractivity contribution in [2.75, 3.05) is 6.26 Å². The molecule has 0 saturated heterocycles. The summed E-state index contributed by atoms with van der Waals surface area (Å²) >= 11 is 1.20. The van der Waals surface area contributed by atoms with Gasteiger partial charge in [0.25, 0.3) is 0 Å². The van der Waals surface area contributed by atoms with Crippen molar-refractivity contribution in [2.24, 2.45) is 0 Å². The molecule has 0 N–H and O–H groups in total. The smallest absolute Gasteiger partial charge is 0.165 e. The number of Topliss-reactive ketones (excluding diaryl/α,β-unsaturated/α-hetero) is 1. The summed E-state index contributed by atoms with van der Waals surface area (Å²) in [6.45, 7) is 2.03. The highest BCUT2D eigenvalue weighted by Crippen LogP contribution is 2.40. The second-order valence-electron chi connectivity index (χ2n) is 5.58. The van der Waals surface area contributed by atoms with Gasteiger partial charge in [0.15, 0.2) is 5.78 Å². The second kappa shape index (κ2) is 5.79. The molecule has 3 nitrogen and oxygen atoms in total. The molecular formula is C17H15NO2S2. The zero-order chi connectivity index (χ0) is 15.9. The van der Waals surface area contributed by atoms with E-state index in [9.17, 15) is 14.3 Å². The first-order valence-electron chi connectivity index (χ1n) is 7.00. The van der Waals surface area contributed by atoms with Crippen LogP contribution in [0.3, 0.4) is 0 Å². The molecule has 1 aliphatic rings. The highest BCUT2D eigenvalue weighted by molar-refractivity contribution is 7.86. The molecule has 0 saturated carbocycles. The van der Waals surface area contributed by atoms with Gasteiger partial charge < -0.3 is 0 Å². The zero-order valence-electron chi connectivity index (χ0n) is 12.4. The zero-order valence-corrected chi connectivity index (χ0v) is 14.0. The summed E-state index contributed by atoms with van der Waals surface area (Å²) in [5.74, 6) is 0.107. The molecule has 0 spiro atoms. The van der Waals surface area contributed by atoms with E-state index in [0.29, 0.717) is 27.5 Å². The summed E-state index contributed by atoms with van der Waals surface area (Å²) in [4.78, 5) is 13.1. The third-order valence-electron chi connectivity index (χ3n) is 4.05. The lowest BCUT2D eigenvalue weighted by Gasteiger charge is -2.22. The largest absolute Gasteiger partial charge is 0.294 e. The lowest BCUT2D eigenvalue weighted by Crippen LogP contribution is -2.19. The van der Waals surface area contributed by atoms with Gasteiger partial charge in [-0.1, -0.05) is 29.8 Å². The van der Waals surface area contributed by atoms with E-state index in [1.807, 2.05) is 19.1 Å². The number of thiophene rings is 1. The van der Waals surface area contributed by atoms with Gasteiger partial charge in [-0.15, -0.1) is 11.3 Å². The van der Waals surface area contributed by atoms with Crippen LogP contribution in [0.15, 0.2) is 28.5 Å². The fraction of sp³-hybridized carbons (Fsp3) is 0.294. The topological polar surface area (TPSA) is 57.9 Å². The van der Waals surface area contributed by atoms with E-state index in [4.69, 9.17) is 0 Å². The third-order valence-corrected chi connectivity index (χ3v) is 6.66.